The van der Waals surface area contributed by atoms with Crippen LogP contribution < -0.4 is 5.32 Å². The predicted octanol–water partition coefficient (Wildman–Crippen LogP) is 0.543. The van der Waals surface area contributed by atoms with Crippen LogP contribution in [0.25, 0.3) is 0 Å². The minimum absolute atomic E-state index is 0. The summed E-state index contributed by atoms with van der Waals surface area (Å²) in [4.78, 5) is 0. The fourth-order valence-corrected chi connectivity index (χ4v) is 1.00. The van der Waals surface area contributed by atoms with E-state index in [1.807, 2.05) is 0 Å². The smallest absolute Gasteiger partial charge is 0.0552 e. The third-order valence-corrected chi connectivity index (χ3v) is 1.55. The highest BCUT2D eigenvalue weighted by Gasteiger charge is 2.05. The zero-order chi connectivity index (χ0) is 5.82. The van der Waals surface area contributed by atoms with Crippen molar-refractivity contribution in [2.75, 3.05) is 13.1 Å². The summed E-state index contributed by atoms with van der Waals surface area (Å²) in [5.74, 6) is 0. The molecule has 3 heteroatoms. The van der Waals surface area contributed by atoms with Crippen LogP contribution in [0.1, 0.15) is 19.3 Å². The van der Waals surface area contributed by atoms with Gasteiger partial charge < -0.3 is 10.4 Å². The van der Waals surface area contributed by atoms with Crippen molar-refractivity contribution in [1.82, 2.24) is 5.32 Å². The maximum Gasteiger partial charge on any atom is 0.0552 e. The van der Waals surface area contributed by atoms with Crippen LogP contribution in [0.2, 0.25) is 0 Å². The van der Waals surface area contributed by atoms with Crippen LogP contribution in [-0.2, 0) is 0 Å². The number of aliphatic hydroxyl groups excluding tert-OH is 1. The van der Waals surface area contributed by atoms with Gasteiger partial charge in [0.05, 0.1) is 6.10 Å². The molecule has 1 saturated heterocycles. The van der Waals surface area contributed by atoms with Gasteiger partial charge in [-0.2, -0.15) is 0 Å². The third kappa shape index (κ3) is 3.73. The first-order chi connectivity index (χ1) is 3.89. The summed E-state index contributed by atoms with van der Waals surface area (Å²) < 4.78 is 0. The first-order valence-corrected chi connectivity index (χ1v) is 3.28. The number of halogens is 1. The highest BCUT2D eigenvalue weighted by Crippen LogP contribution is 2.02. The normalized spacial score (nSPS) is 28.3. The molecule has 0 saturated carbocycles. The van der Waals surface area contributed by atoms with Crippen LogP contribution >= 0.6 is 12.4 Å². The molecule has 0 spiro atoms. The summed E-state index contributed by atoms with van der Waals surface area (Å²) in [5.41, 5.74) is 0. The van der Waals surface area contributed by atoms with E-state index in [9.17, 15) is 0 Å². The Morgan fingerprint density at radius 2 is 2.00 bits per heavy atom. The Kier molecular flexibility index (Phi) is 5.15. The Labute approximate surface area is 62.1 Å². The molecule has 56 valence electrons. The predicted molar refractivity (Wildman–Crippen MR) is 40.0 cm³/mol. The topological polar surface area (TPSA) is 32.3 Å². The second-order valence-corrected chi connectivity index (χ2v) is 2.33. The molecule has 2 N–H and O–H groups in total. The fourth-order valence-electron chi connectivity index (χ4n) is 1.00. The first kappa shape index (κ1) is 9.21. The van der Waals surface area contributed by atoms with Crippen LogP contribution in [0.4, 0.5) is 0 Å². The minimum atomic E-state index is -0.0370. The Morgan fingerprint density at radius 1 is 1.22 bits per heavy atom. The fraction of sp³-hybridized carbons (Fsp3) is 1.00. The molecule has 1 aliphatic heterocycles. The molecule has 9 heavy (non-hydrogen) atoms. The van der Waals surface area contributed by atoms with Gasteiger partial charge in [0, 0.05) is 0 Å². The SMILES string of the molecule is Cl.O[C@@H]1CCCNCC1. The Morgan fingerprint density at radius 3 is 2.78 bits per heavy atom. The Hall–Kier alpha value is 0.210. The molecule has 1 rings (SSSR count). The molecular formula is C6H14ClNO. The lowest BCUT2D eigenvalue weighted by atomic mass is 10.2. The summed E-state index contributed by atoms with van der Waals surface area (Å²) in [6, 6.07) is 0. The van der Waals surface area contributed by atoms with Crippen LogP contribution in [0, 0.1) is 0 Å². The standard InChI is InChI=1S/C6H13NO.ClH/c8-6-2-1-4-7-5-3-6;/h6-8H,1-5H2;1H/t6-;/m1./s1. The molecule has 1 atom stereocenters. The van der Waals surface area contributed by atoms with Crippen molar-refractivity contribution in [2.24, 2.45) is 0 Å². The van der Waals surface area contributed by atoms with E-state index in [4.69, 9.17) is 5.11 Å². The molecule has 0 amide bonds. The molecular weight excluding hydrogens is 138 g/mol. The van der Waals surface area contributed by atoms with E-state index in [-0.39, 0.29) is 18.5 Å². The number of nitrogens with one attached hydrogen (secondary N) is 1. The highest BCUT2D eigenvalue weighted by atomic mass is 35.5. The second kappa shape index (κ2) is 5.03. The number of rotatable bonds is 0. The molecule has 0 radical (unpaired) electrons. The van der Waals surface area contributed by atoms with Gasteiger partial charge >= 0.3 is 0 Å². The number of aliphatic hydroxyl groups is 1. The molecule has 0 bridgehead atoms. The largest absolute Gasteiger partial charge is 0.393 e. The van der Waals surface area contributed by atoms with Crippen molar-refractivity contribution in [1.29, 1.82) is 0 Å². The quantitative estimate of drug-likeness (QED) is 0.530. The van der Waals surface area contributed by atoms with Crippen LogP contribution in [0.3, 0.4) is 0 Å². The van der Waals surface area contributed by atoms with Crippen LogP contribution in [-0.4, -0.2) is 24.3 Å². The van der Waals surface area contributed by atoms with Gasteiger partial charge in [-0.25, -0.2) is 0 Å². The van der Waals surface area contributed by atoms with Gasteiger partial charge in [-0.15, -0.1) is 12.4 Å². The van der Waals surface area contributed by atoms with Gasteiger partial charge in [-0.05, 0) is 32.4 Å². The number of hydrogen-bond acceptors (Lipinski definition) is 2. The second-order valence-electron chi connectivity index (χ2n) is 2.33. The first-order valence-electron chi connectivity index (χ1n) is 3.28. The van der Waals surface area contributed by atoms with Crippen molar-refractivity contribution in [3.05, 3.63) is 0 Å². The molecule has 0 aromatic carbocycles. The molecule has 0 aliphatic carbocycles. The van der Waals surface area contributed by atoms with Gasteiger partial charge in [0.25, 0.3) is 0 Å². The number of hydrogen-bond donors (Lipinski definition) is 2. The molecule has 2 nitrogen and oxygen atoms in total. The summed E-state index contributed by atoms with van der Waals surface area (Å²) in [6.45, 7) is 2.07. The maximum absolute atomic E-state index is 9.05. The van der Waals surface area contributed by atoms with Crippen molar-refractivity contribution < 1.29 is 5.11 Å². The van der Waals surface area contributed by atoms with E-state index >= 15 is 0 Å². The maximum atomic E-state index is 9.05. The zero-order valence-corrected chi connectivity index (χ0v) is 6.28. The zero-order valence-electron chi connectivity index (χ0n) is 5.47. The lowest BCUT2D eigenvalue weighted by Crippen LogP contribution is -2.14. The van der Waals surface area contributed by atoms with Crippen molar-refractivity contribution in [3.63, 3.8) is 0 Å². The summed E-state index contributed by atoms with van der Waals surface area (Å²) in [6.07, 6.45) is 3.00. The molecule has 0 aromatic rings. The van der Waals surface area contributed by atoms with Crippen LogP contribution in [0.5, 0.6) is 0 Å². The molecule has 0 aromatic heterocycles. The van der Waals surface area contributed by atoms with E-state index in [1.54, 1.807) is 0 Å². The van der Waals surface area contributed by atoms with Gasteiger partial charge in [0.15, 0.2) is 0 Å². The lowest BCUT2D eigenvalue weighted by Gasteiger charge is -2.01. The van der Waals surface area contributed by atoms with Crippen molar-refractivity contribution >= 4 is 12.4 Å². The average molecular weight is 152 g/mol. The lowest BCUT2D eigenvalue weighted by molar-refractivity contribution is 0.161. The summed E-state index contributed by atoms with van der Waals surface area (Å²) in [5, 5.41) is 12.3. The molecule has 1 fully saturated rings. The van der Waals surface area contributed by atoms with Gasteiger partial charge in [0.2, 0.25) is 0 Å². The summed E-state index contributed by atoms with van der Waals surface area (Å²) >= 11 is 0. The van der Waals surface area contributed by atoms with E-state index in [1.165, 1.54) is 0 Å². The Balaban J connectivity index is 0.000000640. The molecule has 1 heterocycles. The van der Waals surface area contributed by atoms with Crippen molar-refractivity contribution in [2.45, 2.75) is 25.4 Å². The van der Waals surface area contributed by atoms with E-state index in [0.717, 1.165) is 32.4 Å². The van der Waals surface area contributed by atoms with E-state index in [0.29, 0.717) is 0 Å². The third-order valence-electron chi connectivity index (χ3n) is 1.55. The van der Waals surface area contributed by atoms with Crippen molar-refractivity contribution in [3.8, 4) is 0 Å². The van der Waals surface area contributed by atoms with Crippen LogP contribution in [0.15, 0.2) is 0 Å². The molecule has 1 aliphatic rings. The Bertz CT molecular complexity index is 62.1. The minimum Gasteiger partial charge on any atom is -0.393 e. The summed E-state index contributed by atoms with van der Waals surface area (Å²) in [7, 11) is 0. The van der Waals surface area contributed by atoms with Gasteiger partial charge in [-0.1, -0.05) is 0 Å². The average Bonchev–Trinajstić information content (AvgIpc) is 1.94. The molecule has 0 unspecified atom stereocenters. The highest BCUT2D eigenvalue weighted by molar-refractivity contribution is 5.85. The van der Waals surface area contributed by atoms with E-state index in [2.05, 4.69) is 5.32 Å². The van der Waals surface area contributed by atoms with E-state index < -0.39 is 0 Å². The van der Waals surface area contributed by atoms with Gasteiger partial charge in [0.1, 0.15) is 0 Å². The van der Waals surface area contributed by atoms with Gasteiger partial charge in [-0.3, -0.25) is 0 Å². The monoisotopic (exact) mass is 151 g/mol.